The molecular formula is C39H40O6. The van der Waals surface area contributed by atoms with Crippen molar-refractivity contribution in [3.05, 3.63) is 167 Å². The summed E-state index contributed by atoms with van der Waals surface area (Å²) in [6, 6.07) is 44.5. The Balaban J connectivity index is 1.32. The molecule has 232 valence electrons. The van der Waals surface area contributed by atoms with E-state index in [2.05, 4.69) is 48.5 Å². The Bertz CT molecular complexity index is 1540. The number of furan rings is 1. The van der Waals surface area contributed by atoms with Crippen molar-refractivity contribution in [2.75, 3.05) is 6.61 Å². The van der Waals surface area contributed by atoms with Crippen LogP contribution >= 0.6 is 0 Å². The maximum Gasteiger partial charge on any atom is 0.144 e. The number of benzene rings is 4. The molecule has 0 spiro atoms. The van der Waals surface area contributed by atoms with E-state index >= 15 is 0 Å². The fourth-order valence-corrected chi connectivity index (χ4v) is 5.62. The largest absolute Gasteiger partial charge is 0.464 e. The summed E-state index contributed by atoms with van der Waals surface area (Å²) in [6.45, 7) is 3.87. The van der Waals surface area contributed by atoms with E-state index in [1.165, 1.54) is 0 Å². The standard InChI is InChI=1S/C39H40O6/c1-29-22-23-34(44-29)37-39(43-27-33-20-12-5-13-21-33)38(42-26-32-18-10-4-11-19-32)36(41-25-31-16-8-3-9-17-31)35(45-37)28-40-24-30-14-6-2-7-15-30/h2-23,35-39H,24-28H2,1H3/t35-,36-,37+,38+,39+/m1/s1. The van der Waals surface area contributed by atoms with E-state index in [4.69, 9.17) is 28.1 Å². The summed E-state index contributed by atoms with van der Waals surface area (Å²) in [4.78, 5) is 0. The summed E-state index contributed by atoms with van der Waals surface area (Å²) in [5, 5.41) is 0. The predicted molar refractivity (Wildman–Crippen MR) is 172 cm³/mol. The van der Waals surface area contributed by atoms with E-state index in [1.54, 1.807) is 0 Å². The molecule has 4 aromatic carbocycles. The van der Waals surface area contributed by atoms with Crippen molar-refractivity contribution in [3.8, 4) is 0 Å². The number of rotatable bonds is 14. The molecule has 0 saturated carbocycles. The van der Waals surface area contributed by atoms with Gasteiger partial charge < -0.3 is 28.1 Å². The zero-order chi connectivity index (χ0) is 30.7. The van der Waals surface area contributed by atoms with Crippen molar-refractivity contribution >= 4 is 0 Å². The Kier molecular flexibility index (Phi) is 10.9. The summed E-state index contributed by atoms with van der Waals surface area (Å²) in [6.07, 6.45) is -2.49. The SMILES string of the molecule is Cc1ccc([C@@H]2O[C@H](COCc3ccccc3)[C@@H](OCc3ccccc3)[C@H](OCc3ccccc3)[C@H]2OCc2ccccc2)o1. The highest BCUT2D eigenvalue weighted by Gasteiger charge is 2.50. The van der Waals surface area contributed by atoms with Crippen LogP contribution in [0.25, 0.3) is 0 Å². The third-order valence-corrected chi connectivity index (χ3v) is 7.92. The Morgan fingerprint density at radius 3 is 1.40 bits per heavy atom. The minimum absolute atomic E-state index is 0.307. The fourth-order valence-electron chi connectivity index (χ4n) is 5.62. The monoisotopic (exact) mass is 604 g/mol. The molecule has 0 unspecified atom stereocenters. The molecule has 0 aliphatic carbocycles. The molecular weight excluding hydrogens is 564 g/mol. The van der Waals surface area contributed by atoms with Gasteiger partial charge in [-0.1, -0.05) is 121 Å². The van der Waals surface area contributed by atoms with Crippen LogP contribution in [0.3, 0.4) is 0 Å². The molecule has 0 amide bonds. The Hall–Kier alpha value is -4.04. The molecule has 1 aliphatic heterocycles. The van der Waals surface area contributed by atoms with Gasteiger partial charge in [0.25, 0.3) is 0 Å². The summed E-state index contributed by atoms with van der Waals surface area (Å²) in [5.41, 5.74) is 4.28. The Morgan fingerprint density at radius 2 is 0.933 bits per heavy atom. The maximum atomic E-state index is 6.86. The molecule has 6 rings (SSSR count). The fraction of sp³-hybridized carbons (Fsp3) is 0.282. The van der Waals surface area contributed by atoms with Crippen LogP contribution in [0, 0.1) is 6.92 Å². The molecule has 5 atom stereocenters. The predicted octanol–water partition coefficient (Wildman–Crippen LogP) is 8.00. The second-order valence-corrected chi connectivity index (χ2v) is 11.3. The molecule has 1 aromatic heterocycles. The molecule has 1 saturated heterocycles. The van der Waals surface area contributed by atoms with E-state index in [9.17, 15) is 0 Å². The van der Waals surface area contributed by atoms with Crippen molar-refractivity contribution in [2.24, 2.45) is 0 Å². The van der Waals surface area contributed by atoms with Gasteiger partial charge in [0.15, 0.2) is 0 Å². The first kappa shape index (κ1) is 31.0. The Morgan fingerprint density at radius 1 is 0.489 bits per heavy atom. The highest BCUT2D eigenvalue weighted by molar-refractivity contribution is 5.18. The van der Waals surface area contributed by atoms with E-state index < -0.39 is 30.5 Å². The third-order valence-electron chi connectivity index (χ3n) is 7.92. The van der Waals surface area contributed by atoms with Crippen LogP contribution < -0.4 is 0 Å². The normalized spacial score (nSPS) is 21.5. The summed E-state index contributed by atoms with van der Waals surface area (Å²) in [5.74, 6) is 1.49. The molecule has 0 radical (unpaired) electrons. The summed E-state index contributed by atoms with van der Waals surface area (Å²) >= 11 is 0. The smallest absolute Gasteiger partial charge is 0.144 e. The van der Waals surface area contributed by atoms with Gasteiger partial charge >= 0.3 is 0 Å². The van der Waals surface area contributed by atoms with Crippen LogP contribution in [0.4, 0.5) is 0 Å². The van der Waals surface area contributed by atoms with Crippen molar-refractivity contribution in [2.45, 2.75) is 63.9 Å². The van der Waals surface area contributed by atoms with Crippen molar-refractivity contribution in [3.63, 3.8) is 0 Å². The second kappa shape index (κ2) is 15.8. The van der Waals surface area contributed by atoms with Crippen LogP contribution in [0.15, 0.2) is 138 Å². The highest BCUT2D eigenvalue weighted by atomic mass is 16.6. The summed E-state index contributed by atoms with van der Waals surface area (Å²) in [7, 11) is 0. The van der Waals surface area contributed by atoms with E-state index in [0.29, 0.717) is 38.8 Å². The zero-order valence-corrected chi connectivity index (χ0v) is 25.6. The van der Waals surface area contributed by atoms with E-state index in [-0.39, 0.29) is 0 Å². The number of hydrogen-bond acceptors (Lipinski definition) is 6. The second-order valence-electron chi connectivity index (χ2n) is 11.3. The molecule has 5 aromatic rings. The minimum Gasteiger partial charge on any atom is -0.464 e. The van der Waals surface area contributed by atoms with Crippen LogP contribution in [0.2, 0.25) is 0 Å². The number of ether oxygens (including phenoxy) is 5. The van der Waals surface area contributed by atoms with Crippen LogP contribution in [-0.4, -0.2) is 31.0 Å². The van der Waals surface area contributed by atoms with Gasteiger partial charge in [-0.25, -0.2) is 0 Å². The van der Waals surface area contributed by atoms with Crippen molar-refractivity contribution in [1.29, 1.82) is 0 Å². The van der Waals surface area contributed by atoms with Gasteiger partial charge in [0.2, 0.25) is 0 Å². The lowest BCUT2D eigenvalue weighted by Gasteiger charge is -2.45. The minimum atomic E-state index is -0.537. The Labute approximate surface area is 265 Å². The molecule has 6 heteroatoms. The van der Waals surface area contributed by atoms with E-state index in [0.717, 1.165) is 28.0 Å². The van der Waals surface area contributed by atoms with Crippen molar-refractivity contribution < 1.29 is 28.1 Å². The molecule has 0 bridgehead atoms. The topological polar surface area (TPSA) is 59.3 Å². The van der Waals surface area contributed by atoms with Gasteiger partial charge in [-0.3, -0.25) is 0 Å². The average Bonchev–Trinajstić information content (AvgIpc) is 3.53. The maximum absolute atomic E-state index is 6.86. The lowest BCUT2D eigenvalue weighted by molar-refractivity contribution is -0.277. The van der Waals surface area contributed by atoms with Crippen molar-refractivity contribution in [1.82, 2.24) is 0 Å². The zero-order valence-electron chi connectivity index (χ0n) is 25.6. The molecule has 1 aliphatic rings. The first-order valence-electron chi connectivity index (χ1n) is 15.5. The van der Waals surface area contributed by atoms with Gasteiger partial charge in [-0.2, -0.15) is 0 Å². The van der Waals surface area contributed by atoms with Gasteiger partial charge in [0.1, 0.15) is 42.0 Å². The van der Waals surface area contributed by atoms with Gasteiger partial charge in [-0.15, -0.1) is 0 Å². The lowest BCUT2D eigenvalue weighted by atomic mass is 9.92. The molecule has 2 heterocycles. The average molecular weight is 605 g/mol. The van der Waals surface area contributed by atoms with Crippen LogP contribution in [0.5, 0.6) is 0 Å². The molecule has 1 fully saturated rings. The third kappa shape index (κ3) is 8.57. The van der Waals surface area contributed by atoms with Gasteiger partial charge in [-0.05, 0) is 41.3 Å². The molecule has 6 nitrogen and oxygen atoms in total. The van der Waals surface area contributed by atoms with Gasteiger partial charge in [0, 0.05) is 0 Å². The van der Waals surface area contributed by atoms with E-state index in [1.807, 2.05) is 91.9 Å². The summed E-state index contributed by atoms with van der Waals surface area (Å²) < 4.78 is 39.5. The quantitative estimate of drug-likeness (QED) is 0.128. The van der Waals surface area contributed by atoms with Gasteiger partial charge in [0.05, 0.1) is 33.0 Å². The first-order chi connectivity index (χ1) is 22.2. The molecule has 0 N–H and O–H groups in total. The number of aryl methyl sites for hydroxylation is 1. The lowest BCUT2D eigenvalue weighted by Crippen LogP contribution is -2.58. The molecule has 45 heavy (non-hydrogen) atoms. The van der Waals surface area contributed by atoms with Crippen LogP contribution in [0.1, 0.15) is 39.9 Å². The van der Waals surface area contributed by atoms with Crippen LogP contribution in [-0.2, 0) is 50.1 Å². The number of hydrogen-bond donors (Lipinski definition) is 0. The first-order valence-corrected chi connectivity index (χ1v) is 15.5. The highest BCUT2D eigenvalue weighted by Crippen LogP contribution is 2.39.